The first-order valence-corrected chi connectivity index (χ1v) is 8.60. The van der Waals surface area contributed by atoms with E-state index in [4.69, 9.17) is 5.73 Å². The van der Waals surface area contributed by atoms with Crippen molar-refractivity contribution in [2.75, 3.05) is 13.1 Å². The van der Waals surface area contributed by atoms with Crippen molar-refractivity contribution in [2.24, 2.45) is 11.7 Å². The van der Waals surface area contributed by atoms with Gasteiger partial charge in [-0.25, -0.2) is 0 Å². The molecular weight excluding hydrogens is 232 g/mol. The summed E-state index contributed by atoms with van der Waals surface area (Å²) in [6, 6.07) is 0.672. The summed E-state index contributed by atoms with van der Waals surface area (Å²) < 4.78 is 0. The molecule has 3 atom stereocenters. The average molecular weight is 268 g/mol. The minimum Gasteiger partial charge on any atom is -0.329 e. The lowest BCUT2D eigenvalue weighted by Crippen LogP contribution is -2.59. The molecule has 0 bridgehead atoms. The molecule has 114 valence electrons. The maximum Gasteiger partial charge on any atom is 0.0337 e. The Bertz CT molecular complexity index is 241. The van der Waals surface area contributed by atoms with E-state index >= 15 is 0 Å². The number of unbranched alkanes of at least 4 members (excludes halogenated alkanes) is 1. The first-order valence-electron chi connectivity index (χ1n) is 8.60. The van der Waals surface area contributed by atoms with Crippen LogP contribution < -0.4 is 5.73 Å². The molecule has 0 aromatic carbocycles. The van der Waals surface area contributed by atoms with Crippen molar-refractivity contribution in [3.05, 3.63) is 0 Å². The van der Waals surface area contributed by atoms with Gasteiger partial charge in [0, 0.05) is 18.1 Å². The van der Waals surface area contributed by atoms with Crippen molar-refractivity contribution in [1.29, 1.82) is 0 Å². The van der Waals surface area contributed by atoms with Crippen LogP contribution in [-0.2, 0) is 0 Å². The lowest BCUT2D eigenvalue weighted by molar-refractivity contribution is 0.00391. The normalized spacial score (nSPS) is 29.7. The molecule has 0 radical (unpaired) electrons. The summed E-state index contributed by atoms with van der Waals surface area (Å²) in [5.41, 5.74) is 6.57. The van der Waals surface area contributed by atoms with Crippen molar-refractivity contribution in [3.63, 3.8) is 0 Å². The fourth-order valence-corrected chi connectivity index (χ4v) is 3.85. The van der Waals surface area contributed by atoms with Gasteiger partial charge in [-0.2, -0.15) is 0 Å². The molecule has 1 aliphatic rings. The molecule has 1 rings (SSSR count). The molecule has 0 aliphatic heterocycles. The first kappa shape index (κ1) is 17.0. The molecule has 0 aromatic heterocycles. The SMILES string of the molecule is CCCCN(C(C)CC)C1(CN)CCCC(CC)C1. The van der Waals surface area contributed by atoms with Gasteiger partial charge in [0.05, 0.1) is 0 Å². The van der Waals surface area contributed by atoms with Crippen LogP contribution in [0, 0.1) is 5.92 Å². The monoisotopic (exact) mass is 268 g/mol. The highest BCUT2D eigenvalue weighted by Gasteiger charge is 2.40. The van der Waals surface area contributed by atoms with Crippen LogP contribution in [0.5, 0.6) is 0 Å². The van der Waals surface area contributed by atoms with Crippen molar-refractivity contribution in [1.82, 2.24) is 4.90 Å². The molecule has 0 saturated heterocycles. The zero-order valence-corrected chi connectivity index (χ0v) is 13.8. The molecule has 2 nitrogen and oxygen atoms in total. The Morgan fingerprint density at radius 2 is 2.05 bits per heavy atom. The second kappa shape index (κ2) is 8.26. The molecule has 1 aliphatic carbocycles. The smallest absolute Gasteiger partial charge is 0.0337 e. The van der Waals surface area contributed by atoms with E-state index in [2.05, 4.69) is 32.6 Å². The zero-order chi connectivity index (χ0) is 14.3. The minimum absolute atomic E-state index is 0.295. The Balaban J connectivity index is 2.85. The van der Waals surface area contributed by atoms with Crippen LogP contribution in [0.25, 0.3) is 0 Å². The minimum atomic E-state index is 0.295. The average Bonchev–Trinajstić information content (AvgIpc) is 2.47. The third kappa shape index (κ3) is 4.19. The molecule has 19 heavy (non-hydrogen) atoms. The van der Waals surface area contributed by atoms with Gasteiger partial charge in [-0.1, -0.05) is 46.5 Å². The third-order valence-corrected chi connectivity index (χ3v) is 5.37. The lowest BCUT2D eigenvalue weighted by atomic mass is 9.73. The van der Waals surface area contributed by atoms with E-state index in [-0.39, 0.29) is 0 Å². The molecule has 0 amide bonds. The first-order chi connectivity index (χ1) is 9.13. The van der Waals surface area contributed by atoms with Crippen LogP contribution >= 0.6 is 0 Å². The Kier molecular flexibility index (Phi) is 7.38. The van der Waals surface area contributed by atoms with E-state index in [1.165, 1.54) is 57.9 Å². The molecule has 0 spiro atoms. The van der Waals surface area contributed by atoms with E-state index in [0.29, 0.717) is 11.6 Å². The quantitative estimate of drug-likeness (QED) is 0.715. The Morgan fingerprint density at radius 3 is 2.58 bits per heavy atom. The number of rotatable bonds is 8. The van der Waals surface area contributed by atoms with E-state index in [1.54, 1.807) is 0 Å². The second-order valence-corrected chi connectivity index (χ2v) is 6.60. The molecule has 2 heteroatoms. The standard InChI is InChI=1S/C17H36N2/c1-5-8-12-19(15(4)6-2)17(14-18)11-9-10-16(7-3)13-17/h15-16H,5-14,18H2,1-4H3. The van der Waals surface area contributed by atoms with Crippen molar-refractivity contribution >= 4 is 0 Å². The van der Waals surface area contributed by atoms with Gasteiger partial charge in [0.15, 0.2) is 0 Å². The highest BCUT2D eigenvalue weighted by atomic mass is 15.2. The van der Waals surface area contributed by atoms with E-state index in [0.717, 1.165) is 12.5 Å². The predicted molar refractivity (Wildman–Crippen MR) is 85.4 cm³/mol. The van der Waals surface area contributed by atoms with Crippen LogP contribution in [0.15, 0.2) is 0 Å². The predicted octanol–water partition coefficient (Wildman–Crippen LogP) is 4.18. The van der Waals surface area contributed by atoms with Gasteiger partial charge in [0.25, 0.3) is 0 Å². The van der Waals surface area contributed by atoms with E-state index < -0.39 is 0 Å². The molecule has 2 N–H and O–H groups in total. The molecule has 3 unspecified atom stereocenters. The summed E-state index contributed by atoms with van der Waals surface area (Å²) in [6.07, 6.45) is 10.6. The van der Waals surface area contributed by atoms with Gasteiger partial charge >= 0.3 is 0 Å². The van der Waals surface area contributed by atoms with Crippen LogP contribution in [0.3, 0.4) is 0 Å². The lowest BCUT2D eigenvalue weighted by Gasteiger charge is -2.51. The van der Waals surface area contributed by atoms with Crippen LogP contribution in [-0.4, -0.2) is 29.6 Å². The highest BCUT2D eigenvalue weighted by molar-refractivity contribution is 4.98. The van der Waals surface area contributed by atoms with E-state index in [1.807, 2.05) is 0 Å². The maximum absolute atomic E-state index is 6.28. The Hall–Kier alpha value is -0.0800. The summed E-state index contributed by atoms with van der Waals surface area (Å²) in [6.45, 7) is 11.4. The molecule has 1 saturated carbocycles. The van der Waals surface area contributed by atoms with Gasteiger partial charge in [-0.05, 0) is 45.1 Å². The Labute approximate surface area is 121 Å². The summed E-state index contributed by atoms with van der Waals surface area (Å²) in [7, 11) is 0. The van der Waals surface area contributed by atoms with Crippen LogP contribution in [0.2, 0.25) is 0 Å². The van der Waals surface area contributed by atoms with Crippen molar-refractivity contribution in [2.45, 2.75) is 90.6 Å². The summed E-state index contributed by atoms with van der Waals surface area (Å²) in [5, 5.41) is 0. The summed E-state index contributed by atoms with van der Waals surface area (Å²) in [4.78, 5) is 2.78. The van der Waals surface area contributed by atoms with Gasteiger partial charge in [0.2, 0.25) is 0 Å². The fraction of sp³-hybridized carbons (Fsp3) is 1.00. The molecule has 0 aromatic rings. The van der Waals surface area contributed by atoms with Crippen molar-refractivity contribution in [3.8, 4) is 0 Å². The van der Waals surface area contributed by atoms with Gasteiger partial charge in [-0.3, -0.25) is 4.90 Å². The van der Waals surface area contributed by atoms with E-state index in [9.17, 15) is 0 Å². The number of hydrogen-bond acceptors (Lipinski definition) is 2. The largest absolute Gasteiger partial charge is 0.329 e. The summed E-state index contributed by atoms with van der Waals surface area (Å²) >= 11 is 0. The van der Waals surface area contributed by atoms with Gasteiger partial charge in [-0.15, -0.1) is 0 Å². The topological polar surface area (TPSA) is 29.3 Å². The molecule has 0 heterocycles. The van der Waals surface area contributed by atoms with Gasteiger partial charge in [0.1, 0.15) is 0 Å². The number of hydrogen-bond donors (Lipinski definition) is 1. The second-order valence-electron chi connectivity index (χ2n) is 6.60. The molecular formula is C17H36N2. The maximum atomic E-state index is 6.28. The van der Waals surface area contributed by atoms with Gasteiger partial charge < -0.3 is 5.73 Å². The number of nitrogens with two attached hydrogens (primary N) is 1. The van der Waals surface area contributed by atoms with Crippen LogP contribution in [0.1, 0.15) is 79.1 Å². The number of nitrogens with zero attached hydrogens (tertiary/aromatic N) is 1. The van der Waals surface area contributed by atoms with Crippen molar-refractivity contribution < 1.29 is 0 Å². The third-order valence-electron chi connectivity index (χ3n) is 5.37. The molecule has 1 fully saturated rings. The highest BCUT2D eigenvalue weighted by Crippen LogP contribution is 2.39. The summed E-state index contributed by atoms with van der Waals surface area (Å²) in [5.74, 6) is 0.894. The fourth-order valence-electron chi connectivity index (χ4n) is 3.85. The van der Waals surface area contributed by atoms with Crippen LogP contribution in [0.4, 0.5) is 0 Å². The zero-order valence-electron chi connectivity index (χ0n) is 13.8. The Morgan fingerprint density at radius 1 is 1.32 bits per heavy atom.